The summed E-state index contributed by atoms with van der Waals surface area (Å²) in [5.41, 5.74) is 29.2. The second-order valence-corrected chi connectivity index (χ2v) is 20.6. The van der Waals surface area contributed by atoms with E-state index < -0.39 is 163 Å². The Labute approximate surface area is 467 Å². The first kappa shape index (κ1) is 72.0. The predicted molar refractivity (Wildman–Crippen MR) is 291 cm³/mol. The van der Waals surface area contributed by atoms with Gasteiger partial charge in [-0.05, 0) is 110 Å². The Morgan fingerprint density at radius 1 is 0.550 bits per heavy atom. The number of aliphatic hydroxyl groups is 4. The number of nitrogens with one attached hydrogen (secondary N) is 9. The molecule has 1 aliphatic rings. The predicted octanol–water partition coefficient (Wildman–Crippen LogP) is -7.38. The fraction of sp³-hybridized carbons (Fsp3) is 0.780. The highest BCUT2D eigenvalue weighted by atomic mass is 16.3. The van der Waals surface area contributed by atoms with Crippen molar-refractivity contribution in [1.29, 1.82) is 0 Å². The molecule has 0 aromatic rings. The lowest BCUT2D eigenvalue weighted by molar-refractivity contribution is -0.158. The van der Waals surface area contributed by atoms with Crippen molar-refractivity contribution in [2.75, 3.05) is 39.3 Å². The molecule has 0 saturated carbocycles. The third-order valence-electron chi connectivity index (χ3n) is 13.3. The van der Waals surface area contributed by atoms with Gasteiger partial charge in [-0.2, -0.15) is 0 Å². The Bertz CT molecular complexity index is 2050. The van der Waals surface area contributed by atoms with Gasteiger partial charge in [0.15, 0.2) is 0 Å². The number of hydrogen-bond acceptors (Lipinski definition) is 20. The van der Waals surface area contributed by atoms with Crippen LogP contribution < -0.4 is 76.5 Å². The molecule has 0 aromatic carbocycles. The van der Waals surface area contributed by atoms with E-state index in [4.69, 9.17) is 28.7 Å². The van der Waals surface area contributed by atoms with Gasteiger partial charge >= 0.3 is 0 Å². The highest BCUT2D eigenvalue weighted by molar-refractivity contribution is 6.07. The average molecular weight is 1140 g/mol. The standard InChI is InChI=1S/C50H93N15O15/c1-8-26(4)11-9-10-12-37(70)56-30(13-18-51)43(73)62-39(28(6)68)48(78)61-35(24-66)49(79)65-36(17-22-55)46(76)58-31(14-19-52)42(72)60-34(23-25(2)3)45(75)63-38(27(5)67)47(77)59-32(15-20-53)41(71)57-33(16-21-54)44(74)64-40(29(7)69)50(65)80/h25-36,38-40,66-69H,8-24,51-55H2,1-7H3,(H,56,70)(H,57,71)(H,58,76)(H,59,77)(H,60,72)(H,61,78)(H,62,73)(H,63,75)(H,64,74)/t26?,27-,28-,29-,30?,31?,32?,33?,34?,35?,36?,38+,39+,40+/m1/s1. The van der Waals surface area contributed by atoms with Gasteiger partial charge < -0.3 is 96.9 Å². The quantitative estimate of drug-likeness (QED) is 0.0324. The van der Waals surface area contributed by atoms with E-state index in [1.807, 2.05) is 0 Å². The minimum Gasteiger partial charge on any atom is -0.394 e. The summed E-state index contributed by atoms with van der Waals surface area (Å²) in [6, 6.07) is -17.8. The summed E-state index contributed by atoms with van der Waals surface area (Å²) in [7, 11) is 0. The molecule has 0 radical (unpaired) electrons. The van der Waals surface area contributed by atoms with Gasteiger partial charge in [-0.25, -0.2) is 0 Å². The largest absolute Gasteiger partial charge is 0.394 e. The number of nitrogens with two attached hydrogens (primary N) is 5. The first-order valence-electron chi connectivity index (χ1n) is 27.4. The average Bonchev–Trinajstić information content (AvgIpc) is 3.39. The summed E-state index contributed by atoms with van der Waals surface area (Å²) in [5, 5.41) is 64.9. The Morgan fingerprint density at radius 2 is 1.02 bits per heavy atom. The van der Waals surface area contributed by atoms with Crippen LogP contribution in [0.2, 0.25) is 0 Å². The molecule has 23 N–H and O–H groups in total. The molecule has 1 saturated heterocycles. The molecule has 8 unspecified atom stereocenters. The maximum absolute atomic E-state index is 15.0. The molecule has 1 fully saturated rings. The number of amides is 11. The second kappa shape index (κ2) is 37.1. The molecule has 1 heterocycles. The van der Waals surface area contributed by atoms with Crippen molar-refractivity contribution in [2.24, 2.45) is 40.5 Å². The SMILES string of the molecule is CCC(C)CCCCC(=O)NC(CCN)C(=O)N[C@H](C(=O)NC(CO)C(=O)N1C(=O)[C@H]([C@@H](C)O)NC(=O)C(CCN)NC(=O)C(CCN)NC(=O)[C@H]([C@@H](C)O)NC(=O)C(CC(C)C)NC(=O)C(CCN)NC(=O)C1CCN)[C@@H](C)O. The van der Waals surface area contributed by atoms with Crippen molar-refractivity contribution in [2.45, 2.75) is 198 Å². The number of carbonyl (C=O) groups excluding carboxylic acids is 11. The number of aliphatic hydroxyl groups excluding tert-OH is 4. The van der Waals surface area contributed by atoms with Gasteiger partial charge in [0.25, 0.3) is 11.8 Å². The third-order valence-corrected chi connectivity index (χ3v) is 13.3. The van der Waals surface area contributed by atoms with E-state index in [9.17, 15) is 68.4 Å². The fourth-order valence-corrected chi connectivity index (χ4v) is 8.44. The molecule has 30 heteroatoms. The molecule has 14 atom stereocenters. The van der Waals surface area contributed by atoms with Crippen molar-refractivity contribution >= 4 is 65.0 Å². The Kier molecular flexibility index (Phi) is 33.4. The lowest BCUT2D eigenvalue weighted by Gasteiger charge is -2.36. The summed E-state index contributed by atoms with van der Waals surface area (Å²) in [6.07, 6.45) is -3.85. The third kappa shape index (κ3) is 23.6. The molecule has 11 amide bonds. The number of hydrogen-bond donors (Lipinski definition) is 18. The lowest BCUT2D eigenvalue weighted by Crippen LogP contribution is -2.67. The Morgan fingerprint density at radius 3 is 1.49 bits per heavy atom. The van der Waals surface area contributed by atoms with Crippen LogP contribution >= 0.6 is 0 Å². The van der Waals surface area contributed by atoms with Crippen LogP contribution in [0.25, 0.3) is 0 Å². The molecular weight excluding hydrogens is 1050 g/mol. The number of carbonyl (C=O) groups is 11. The van der Waals surface area contributed by atoms with Gasteiger partial charge in [0.2, 0.25) is 53.2 Å². The maximum atomic E-state index is 15.0. The minimum atomic E-state index is -2.24. The van der Waals surface area contributed by atoms with Gasteiger partial charge in [0.1, 0.15) is 60.4 Å². The normalized spacial score (nSPS) is 23.9. The molecule has 0 spiro atoms. The monoisotopic (exact) mass is 1140 g/mol. The van der Waals surface area contributed by atoms with Crippen LogP contribution in [0.1, 0.15) is 119 Å². The van der Waals surface area contributed by atoms with Crippen LogP contribution in [0.5, 0.6) is 0 Å². The fourth-order valence-electron chi connectivity index (χ4n) is 8.44. The summed E-state index contributed by atoms with van der Waals surface area (Å²) >= 11 is 0. The maximum Gasteiger partial charge on any atom is 0.255 e. The van der Waals surface area contributed by atoms with Crippen molar-refractivity contribution in [3.63, 3.8) is 0 Å². The smallest absolute Gasteiger partial charge is 0.255 e. The number of imide groups is 1. The highest BCUT2D eigenvalue weighted by Crippen LogP contribution is 2.16. The second-order valence-electron chi connectivity index (χ2n) is 20.6. The number of rotatable bonds is 28. The van der Waals surface area contributed by atoms with Gasteiger partial charge in [-0.3, -0.25) is 57.6 Å². The van der Waals surface area contributed by atoms with Crippen LogP contribution in [-0.2, 0) is 52.7 Å². The number of nitrogens with zero attached hydrogens (tertiary/aromatic N) is 1. The van der Waals surface area contributed by atoms with Crippen LogP contribution in [0.3, 0.4) is 0 Å². The molecule has 30 nitrogen and oxygen atoms in total. The zero-order valence-corrected chi connectivity index (χ0v) is 47.3. The van der Waals surface area contributed by atoms with E-state index in [0.717, 1.165) is 33.1 Å². The molecule has 0 bridgehead atoms. The molecule has 1 aliphatic heterocycles. The number of unbranched alkanes of at least 4 members (excludes halogenated alkanes) is 1. The zero-order chi connectivity index (χ0) is 61.0. The van der Waals surface area contributed by atoms with E-state index in [-0.39, 0.29) is 75.5 Å². The van der Waals surface area contributed by atoms with Crippen molar-refractivity contribution in [1.82, 2.24) is 52.8 Å². The topological polar surface area (TPSA) is 510 Å². The van der Waals surface area contributed by atoms with E-state index in [0.29, 0.717) is 12.3 Å². The van der Waals surface area contributed by atoms with E-state index in [1.165, 1.54) is 6.92 Å². The summed E-state index contributed by atoms with van der Waals surface area (Å²) in [6.45, 7) is 8.08. The van der Waals surface area contributed by atoms with Crippen molar-refractivity contribution < 1.29 is 73.2 Å². The van der Waals surface area contributed by atoms with E-state index >= 15 is 4.79 Å². The molecule has 80 heavy (non-hydrogen) atoms. The Balaban J connectivity index is 4.11. The van der Waals surface area contributed by atoms with E-state index in [2.05, 4.69) is 61.7 Å². The highest BCUT2D eigenvalue weighted by Gasteiger charge is 2.45. The molecule has 458 valence electrons. The van der Waals surface area contributed by atoms with Gasteiger partial charge in [0.05, 0.1) is 24.9 Å². The summed E-state index contributed by atoms with van der Waals surface area (Å²) in [4.78, 5) is 155. The summed E-state index contributed by atoms with van der Waals surface area (Å²) < 4.78 is 0. The lowest BCUT2D eigenvalue weighted by atomic mass is 10.0. The van der Waals surface area contributed by atoms with Crippen molar-refractivity contribution in [3.8, 4) is 0 Å². The first-order valence-corrected chi connectivity index (χ1v) is 27.4. The first-order chi connectivity index (χ1) is 37.7. The molecule has 1 rings (SSSR count). The van der Waals surface area contributed by atoms with E-state index in [1.54, 1.807) is 13.8 Å². The van der Waals surface area contributed by atoms with Crippen LogP contribution in [0.15, 0.2) is 0 Å². The summed E-state index contributed by atoms with van der Waals surface area (Å²) in [5.74, 6) is -12.5. The van der Waals surface area contributed by atoms with Crippen molar-refractivity contribution in [3.05, 3.63) is 0 Å². The van der Waals surface area contributed by atoms with Gasteiger partial charge in [0, 0.05) is 6.42 Å². The van der Waals surface area contributed by atoms with Crippen LogP contribution in [0.4, 0.5) is 0 Å². The Hall–Kier alpha value is -5.99. The van der Waals surface area contributed by atoms with Crippen LogP contribution in [-0.4, -0.2) is 208 Å². The van der Waals surface area contributed by atoms with Gasteiger partial charge in [-0.15, -0.1) is 0 Å². The minimum absolute atomic E-state index is 0.0784. The van der Waals surface area contributed by atoms with Gasteiger partial charge in [-0.1, -0.05) is 47.0 Å². The molecule has 0 aromatic heterocycles. The molecular formula is C50H93N15O15. The van der Waals surface area contributed by atoms with Crippen LogP contribution in [0, 0.1) is 11.8 Å². The molecule has 0 aliphatic carbocycles. The zero-order valence-electron chi connectivity index (χ0n) is 47.3.